The molecule has 1 unspecified atom stereocenters. The van der Waals surface area contributed by atoms with Gasteiger partial charge in [-0.3, -0.25) is 9.59 Å². The molecule has 0 aliphatic heterocycles. The van der Waals surface area contributed by atoms with Crippen molar-refractivity contribution in [1.82, 2.24) is 15.5 Å². The first kappa shape index (κ1) is 42.3. The largest absolute Gasteiger partial charge is 0.387 e. The van der Waals surface area contributed by atoms with Crippen molar-refractivity contribution in [2.45, 2.75) is 86.8 Å². The van der Waals surface area contributed by atoms with Crippen LogP contribution in [0, 0.1) is 0 Å². The van der Waals surface area contributed by atoms with E-state index >= 15 is 0 Å². The Morgan fingerprint density at radius 2 is 1.73 bits per heavy atom. The van der Waals surface area contributed by atoms with Crippen LogP contribution in [0.4, 0.5) is 0 Å². The van der Waals surface area contributed by atoms with Crippen LogP contribution in [0.15, 0.2) is 83.8 Å². The van der Waals surface area contributed by atoms with Crippen molar-refractivity contribution >= 4 is 11.8 Å². The molecular weight excluding hydrogens is 516 g/mol. The number of aliphatic hydroxyl groups is 2. The van der Waals surface area contributed by atoms with E-state index in [2.05, 4.69) is 71.9 Å². The highest BCUT2D eigenvalue weighted by Gasteiger charge is 2.16. The summed E-state index contributed by atoms with van der Waals surface area (Å²) in [6, 6.07) is 0.120. The SMILES string of the molecule is C/C=C\NC1=CCC=C(C)C=C1.CC.CC(C)NC(=O)CO.CCN(CCC1=CC=CCC=C1)C(=O)C(C)O.CN. The van der Waals surface area contributed by atoms with Gasteiger partial charge in [0, 0.05) is 24.8 Å². The van der Waals surface area contributed by atoms with Crippen molar-refractivity contribution in [3.05, 3.63) is 83.8 Å². The third-order valence-corrected chi connectivity index (χ3v) is 5.08. The van der Waals surface area contributed by atoms with Crippen LogP contribution in [-0.2, 0) is 9.59 Å². The summed E-state index contributed by atoms with van der Waals surface area (Å²) in [6.07, 6.45) is 24.8. The maximum atomic E-state index is 11.6. The van der Waals surface area contributed by atoms with Gasteiger partial charge in [-0.05, 0) is 85.7 Å². The monoisotopic (exact) mass is 574 g/mol. The molecule has 0 aromatic rings. The van der Waals surface area contributed by atoms with E-state index in [0.29, 0.717) is 13.1 Å². The molecule has 2 aliphatic carbocycles. The zero-order valence-corrected chi connectivity index (χ0v) is 27.0. The summed E-state index contributed by atoms with van der Waals surface area (Å²) in [5.74, 6) is -0.513. The van der Waals surface area contributed by atoms with Gasteiger partial charge in [0.25, 0.3) is 5.91 Å². The Hall–Kier alpha value is -3.20. The van der Waals surface area contributed by atoms with E-state index < -0.39 is 12.7 Å². The van der Waals surface area contributed by atoms with E-state index in [1.165, 1.54) is 30.8 Å². The molecule has 41 heavy (non-hydrogen) atoms. The maximum absolute atomic E-state index is 11.6. The molecule has 1 atom stereocenters. The molecule has 0 bridgehead atoms. The van der Waals surface area contributed by atoms with Crippen LogP contribution in [0.3, 0.4) is 0 Å². The van der Waals surface area contributed by atoms with E-state index in [4.69, 9.17) is 5.11 Å². The molecule has 2 amide bonds. The molecule has 2 aliphatic rings. The van der Waals surface area contributed by atoms with Gasteiger partial charge in [0.05, 0.1) is 0 Å². The number of hydrogen-bond donors (Lipinski definition) is 5. The molecule has 0 radical (unpaired) electrons. The molecule has 0 aromatic carbocycles. The van der Waals surface area contributed by atoms with Gasteiger partial charge < -0.3 is 31.5 Å². The normalized spacial score (nSPS) is 13.9. The number of likely N-dealkylation sites (N-methyl/N-ethyl adjacent to an activating group) is 1. The van der Waals surface area contributed by atoms with Crippen molar-refractivity contribution in [1.29, 1.82) is 0 Å². The third-order valence-electron chi connectivity index (χ3n) is 5.08. The minimum absolute atomic E-state index is 0.120. The zero-order valence-electron chi connectivity index (χ0n) is 27.0. The highest BCUT2D eigenvalue weighted by molar-refractivity contribution is 5.80. The second-order valence-electron chi connectivity index (χ2n) is 8.85. The fourth-order valence-electron chi connectivity index (χ4n) is 3.13. The topological polar surface area (TPSA) is 128 Å². The molecule has 8 heteroatoms. The summed E-state index contributed by atoms with van der Waals surface area (Å²) < 4.78 is 0. The minimum atomic E-state index is -0.909. The molecule has 0 saturated heterocycles. The Bertz CT molecular complexity index is 895. The Kier molecular flexibility index (Phi) is 30.7. The van der Waals surface area contributed by atoms with Crippen molar-refractivity contribution in [3.63, 3.8) is 0 Å². The average Bonchev–Trinajstić information content (AvgIpc) is 3.37. The summed E-state index contributed by atoms with van der Waals surface area (Å²) in [6.45, 7) is 16.1. The molecule has 0 aromatic heterocycles. The first-order valence-corrected chi connectivity index (χ1v) is 14.5. The molecule has 0 heterocycles. The van der Waals surface area contributed by atoms with E-state index in [0.717, 1.165) is 19.3 Å². The van der Waals surface area contributed by atoms with Gasteiger partial charge in [-0.15, -0.1) is 0 Å². The number of amides is 2. The number of hydrogen-bond acceptors (Lipinski definition) is 6. The molecular formula is C33H58N4O4. The van der Waals surface area contributed by atoms with E-state index in [1.54, 1.807) is 4.90 Å². The predicted molar refractivity (Wildman–Crippen MR) is 175 cm³/mol. The Balaban J connectivity index is -0.000000527. The summed E-state index contributed by atoms with van der Waals surface area (Å²) in [7, 11) is 1.50. The average molecular weight is 575 g/mol. The molecule has 0 fully saturated rings. The molecule has 6 N–H and O–H groups in total. The Labute approximate surface area is 250 Å². The van der Waals surface area contributed by atoms with Crippen molar-refractivity contribution in [2.24, 2.45) is 5.73 Å². The summed E-state index contributed by atoms with van der Waals surface area (Å²) in [5, 5.41) is 23.1. The molecule has 8 nitrogen and oxygen atoms in total. The van der Waals surface area contributed by atoms with Gasteiger partial charge in [0.1, 0.15) is 12.7 Å². The number of nitrogens with two attached hydrogens (primary N) is 1. The fourth-order valence-corrected chi connectivity index (χ4v) is 3.13. The van der Waals surface area contributed by atoms with E-state index in [1.807, 2.05) is 59.9 Å². The van der Waals surface area contributed by atoms with Crippen LogP contribution in [-0.4, -0.2) is 65.8 Å². The number of nitrogens with one attached hydrogen (secondary N) is 2. The van der Waals surface area contributed by atoms with Crippen molar-refractivity contribution in [3.8, 4) is 0 Å². The van der Waals surface area contributed by atoms with Crippen LogP contribution in [0.5, 0.6) is 0 Å². The summed E-state index contributed by atoms with van der Waals surface area (Å²) >= 11 is 0. The van der Waals surface area contributed by atoms with Gasteiger partial charge in [0.2, 0.25) is 5.91 Å². The summed E-state index contributed by atoms with van der Waals surface area (Å²) in [5.41, 5.74) is 8.21. The van der Waals surface area contributed by atoms with Crippen LogP contribution in [0.1, 0.15) is 74.7 Å². The smallest absolute Gasteiger partial charge is 0.251 e. The van der Waals surface area contributed by atoms with E-state index in [9.17, 15) is 14.7 Å². The van der Waals surface area contributed by atoms with Gasteiger partial charge in [-0.25, -0.2) is 0 Å². The number of carbonyl (C=O) groups excluding carboxylic acids is 2. The number of allylic oxidation sites excluding steroid dienone is 11. The molecule has 234 valence electrons. The quantitative estimate of drug-likeness (QED) is 0.262. The molecule has 0 spiro atoms. The third kappa shape index (κ3) is 25.5. The Morgan fingerprint density at radius 1 is 1.07 bits per heavy atom. The number of carbonyl (C=O) groups is 2. The highest BCUT2D eigenvalue weighted by atomic mass is 16.3. The van der Waals surface area contributed by atoms with Crippen LogP contribution >= 0.6 is 0 Å². The summed E-state index contributed by atoms with van der Waals surface area (Å²) in [4.78, 5) is 23.6. The molecule has 0 saturated carbocycles. The lowest BCUT2D eigenvalue weighted by Gasteiger charge is -2.22. The minimum Gasteiger partial charge on any atom is -0.387 e. The zero-order chi connectivity index (χ0) is 32.1. The van der Waals surface area contributed by atoms with Crippen LogP contribution < -0.4 is 16.4 Å². The number of nitrogens with zero attached hydrogens (tertiary/aromatic N) is 1. The lowest BCUT2D eigenvalue weighted by molar-refractivity contribution is -0.139. The number of rotatable bonds is 9. The van der Waals surface area contributed by atoms with Crippen molar-refractivity contribution < 1.29 is 19.8 Å². The molecule has 2 rings (SSSR count). The van der Waals surface area contributed by atoms with Gasteiger partial charge in [-0.1, -0.05) is 74.1 Å². The predicted octanol–water partition coefficient (Wildman–Crippen LogP) is 5.05. The van der Waals surface area contributed by atoms with Crippen molar-refractivity contribution in [2.75, 3.05) is 26.7 Å². The van der Waals surface area contributed by atoms with E-state index in [-0.39, 0.29) is 17.9 Å². The standard InChI is InChI=1S/C14H21NO2.C11H15N.C5H11NO2.C2H6.CH5N/c1-3-15(14(17)12(2)16)11-10-13-8-6-4-5-7-9-13;1-3-9-12-11-6-4-5-10(2)7-8-11;1-4(2)6-5(8)3-7;2*1-2/h4,6-9,12,16H,3,5,10-11H2,1-2H3;3,5-9,12H,4H2,1-2H3;4,7H,3H2,1-2H3,(H,6,8);1-2H3;2H2,1H3/b;9-3-;;;. The maximum Gasteiger partial charge on any atom is 0.251 e. The first-order chi connectivity index (χ1) is 19.6. The lowest BCUT2D eigenvalue weighted by atomic mass is 10.1. The second kappa shape index (κ2) is 29.8. The van der Waals surface area contributed by atoms with Gasteiger partial charge >= 0.3 is 0 Å². The number of aliphatic hydroxyl groups excluding tert-OH is 2. The first-order valence-electron chi connectivity index (χ1n) is 14.5. The Morgan fingerprint density at radius 3 is 2.24 bits per heavy atom. The highest BCUT2D eigenvalue weighted by Crippen LogP contribution is 2.10. The van der Waals surface area contributed by atoms with Gasteiger partial charge in [0.15, 0.2) is 0 Å². The second-order valence-corrected chi connectivity index (χ2v) is 8.85. The lowest BCUT2D eigenvalue weighted by Crippen LogP contribution is -2.38. The fraction of sp³-hybridized carbons (Fsp3) is 0.515. The van der Waals surface area contributed by atoms with Crippen LogP contribution in [0.2, 0.25) is 0 Å². The van der Waals surface area contributed by atoms with Crippen LogP contribution in [0.25, 0.3) is 0 Å². The van der Waals surface area contributed by atoms with Gasteiger partial charge in [-0.2, -0.15) is 0 Å².